The molecule has 0 fully saturated rings. The van der Waals surface area contributed by atoms with E-state index in [1.54, 1.807) is 22.0 Å². The zero-order valence-electron chi connectivity index (χ0n) is 18.7. The molecule has 0 radical (unpaired) electrons. The van der Waals surface area contributed by atoms with Gasteiger partial charge in [-0.1, -0.05) is 117 Å². The number of hydrogen-bond acceptors (Lipinski definition) is 0. The van der Waals surface area contributed by atoms with Gasteiger partial charge < -0.3 is 0 Å². The highest BCUT2D eigenvalue weighted by molar-refractivity contribution is 8.35. The smallest absolute Gasteiger partial charge is 0.0496 e. The van der Waals surface area contributed by atoms with Gasteiger partial charge in [0.25, 0.3) is 0 Å². The number of fused-ring (bicyclic) bond motifs is 1. The molecule has 2 aliphatic rings. The van der Waals surface area contributed by atoms with Crippen molar-refractivity contribution in [2.75, 3.05) is 12.3 Å². The molecular weight excluding hydrogens is 410 g/mol. The van der Waals surface area contributed by atoms with Crippen molar-refractivity contribution in [1.82, 2.24) is 0 Å². The summed E-state index contributed by atoms with van der Waals surface area (Å²) in [5, 5.41) is 1.79. The van der Waals surface area contributed by atoms with Crippen LogP contribution in [-0.2, 0) is 5.16 Å². The molecule has 0 aliphatic carbocycles. The summed E-state index contributed by atoms with van der Waals surface area (Å²) in [5.74, 6) is 0. The van der Waals surface area contributed by atoms with Crippen LogP contribution in [0.5, 0.6) is 0 Å². The molecule has 0 amide bonds. The topological polar surface area (TPSA) is 0 Å². The second kappa shape index (κ2) is 8.50. The largest absolute Gasteiger partial charge is 0.0724 e. The van der Waals surface area contributed by atoms with Crippen LogP contribution in [0.4, 0.5) is 0 Å². The van der Waals surface area contributed by atoms with Crippen LogP contribution in [0, 0.1) is 0 Å². The highest BCUT2D eigenvalue weighted by Crippen LogP contribution is 2.93. The number of allylic oxidation sites excluding steroid dienone is 3. The number of benzene rings is 3. The van der Waals surface area contributed by atoms with Crippen LogP contribution in [0.15, 0.2) is 102 Å². The monoisotopic (exact) mass is 440 g/mol. The second-order valence-corrected chi connectivity index (χ2v) is 15.3. The second-order valence-electron chi connectivity index (χ2n) is 8.69. The van der Waals surface area contributed by atoms with E-state index >= 15 is 0 Å². The van der Waals surface area contributed by atoms with E-state index in [9.17, 15) is 0 Å². The normalized spacial score (nSPS) is 25.6. The molecule has 0 saturated heterocycles. The summed E-state index contributed by atoms with van der Waals surface area (Å²) in [4.78, 5) is 0. The molecule has 3 unspecified atom stereocenters. The van der Waals surface area contributed by atoms with Crippen LogP contribution >= 0.6 is 15.2 Å². The van der Waals surface area contributed by atoms with Gasteiger partial charge in [-0.2, -0.15) is 0 Å². The third kappa shape index (κ3) is 3.36. The van der Waals surface area contributed by atoms with Gasteiger partial charge in [-0.25, -0.2) is 0 Å². The lowest BCUT2D eigenvalue weighted by Crippen LogP contribution is -2.28. The zero-order valence-corrected chi connectivity index (χ0v) is 20.5. The Labute approximate surface area is 189 Å². The van der Waals surface area contributed by atoms with Gasteiger partial charge in [0.2, 0.25) is 0 Å². The van der Waals surface area contributed by atoms with Crippen molar-refractivity contribution in [2.45, 2.75) is 32.3 Å². The Morgan fingerprint density at radius 3 is 1.84 bits per heavy atom. The van der Waals surface area contributed by atoms with Crippen molar-refractivity contribution in [3.8, 4) is 0 Å². The molecular formula is C29H30P2. The molecule has 3 atom stereocenters. The van der Waals surface area contributed by atoms with E-state index in [1.165, 1.54) is 29.0 Å². The first-order chi connectivity index (χ1) is 15.2. The molecule has 31 heavy (non-hydrogen) atoms. The predicted molar refractivity (Wildman–Crippen MR) is 140 cm³/mol. The summed E-state index contributed by atoms with van der Waals surface area (Å²) in [7, 11) is -0.413. The van der Waals surface area contributed by atoms with Crippen molar-refractivity contribution in [1.29, 1.82) is 0 Å². The van der Waals surface area contributed by atoms with Crippen LogP contribution in [-0.4, -0.2) is 12.3 Å². The predicted octanol–water partition coefficient (Wildman–Crippen LogP) is 9.10. The summed E-state index contributed by atoms with van der Waals surface area (Å²) in [6, 6.07) is 34.0. The van der Waals surface area contributed by atoms with Gasteiger partial charge in [0, 0.05) is 5.16 Å². The third-order valence-corrected chi connectivity index (χ3v) is 16.1. The lowest BCUT2D eigenvalue weighted by atomic mass is 9.79. The molecule has 5 rings (SSSR count). The Kier molecular flexibility index (Phi) is 5.73. The summed E-state index contributed by atoms with van der Waals surface area (Å²) in [6.07, 6.45) is 3.71. The Morgan fingerprint density at radius 1 is 0.710 bits per heavy atom. The number of hydrogen-bond donors (Lipinski definition) is 0. The summed E-state index contributed by atoms with van der Waals surface area (Å²) >= 11 is 0. The molecule has 0 N–H and O–H groups in total. The maximum absolute atomic E-state index is 2.43. The molecule has 2 heteroatoms. The summed E-state index contributed by atoms with van der Waals surface area (Å²) in [6.45, 7) is 7.20. The lowest BCUT2D eigenvalue weighted by molar-refractivity contribution is 0.747. The van der Waals surface area contributed by atoms with Gasteiger partial charge in [0.1, 0.15) is 0 Å². The first kappa shape index (κ1) is 20.9. The van der Waals surface area contributed by atoms with Gasteiger partial charge in [-0.3, -0.25) is 0 Å². The van der Waals surface area contributed by atoms with Gasteiger partial charge in [-0.05, 0) is 67.8 Å². The van der Waals surface area contributed by atoms with E-state index in [0.29, 0.717) is 0 Å². The Morgan fingerprint density at radius 2 is 1.26 bits per heavy atom. The van der Waals surface area contributed by atoms with E-state index in [1.807, 2.05) is 0 Å². The minimum Gasteiger partial charge on any atom is -0.0724 e. The minimum absolute atomic E-state index is 0.119. The van der Waals surface area contributed by atoms with Gasteiger partial charge >= 0.3 is 0 Å². The first-order valence-electron chi connectivity index (χ1n) is 11.3. The Hall–Kier alpha value is -2.00. The van der Waals surface area contributed by atoms with Crippen molar-refractivity contribution >= 4 is 26.1 Å². The lowest BCUT2D eigenvalue weighted by Gasteiger charge is -2.45. The van der Waals surface area contributed by atoms with Gasteiger partial charge in [0.15, 0.2) is 0 Å². The van der Waals surface area contributed by atoms with E-state index in [-0.39, 0.29) is 20.4 Å². The van der Waals surface area contributed by atoms with Crippen molar-refractivity contribution in [3.63, 3.8) is 0 Å². The highest BCUT2D eigenvalue weighted by Gasteiger charge is 2.55. The molecule has 2 aliphatic heterocycles. The standard InChI is InChI=1S/C29H30P2/c1-4-30-28(25-16-10-6-11-17-25)27(24-14-8-5-9-15-24)29(26-18-12-7-13-19-26)20-22(2)23(3)21-31(29)30/h5-19H,4,20-21H2,1-3H3. The molecule has 2 heterocycles. The van der Waals surface area contributed by atoms with Crippen LogP contribution < -0.4 is 0 Å². The Bertz CT molecular complexity index is 1130. The quantitative estimate of drug-likeness (QED) is 0.280. The summed E-state index contributed by atoms with van der Waals surface area (Å²) in [5.41, 5.74) is 9.24. The maximum Gasteiger partial charge on any atom is 0.0496 e. The number of rotatable bonds is 4. The van der Waals surface area contributed by atoms with E-state index in [2.05, 4.69) is 112 Å². The fourth-order valence-corrected chi connectivity index (χ4v) is 16.0. The minimum atomic E-state index is -0.211. The maximum atomic E-state index is 2.43. The molecule has 0 aromatic heterocycles. The SMILES string of the molecule is CCP1C(c2ccccc2)=C(c2ccccc2)C2(c3ccccc3)CC(C)=C(C)CP12. The fourth-order valence-electron chi connectivity index (χ4n) is 5.38. The van der Waals surface area contributed by atoms with E-state index in [4.69, 9.17) is 0 Å². The zero-order chi connectivity index (χ0) is 21.4. The van der Waals surface area contributed by atoms with Crippen molar-refractivity contribution in [2.24, 2.45) is 0 Å². The average molecular weight is 441 g/mol. The molecule has 0 bridgehead atoms. The van der Waals surface area contributed by atoms with Crippen molar-refractivity contribution < 1.29 is 0 Å². The van der Waals surface area contributed by atoms with Crippen LogP contribution in [0.25, 0.3) is 10.9 Å². The molecule has 3 aromatic carbocycles. The first-order valence-corrected chi connectivity index (χ1v) is 15.0. The molecule has 0 spiro atoms. The molecule has 3 aromatic rings. The average Bonchev–Trinajstić information content (AvgIpc) is 3.11. The van der Waals surface area contributed by atoms with Crippen LogP contribution in [0.3, 0.4) is 0 Å². The van der Waals surface area contributed by atoms with E-state index < -0.39 is 0 Å². The third-order valence-electron chi connectivity index (χ3n) is 6.94. The van der Waals surface area contributed by atoms with Gasteiger partial charge in [0.05, 0.1) is 0 Å². The highest BCUT2D eigenvalue weighted by atomic mass is 32.1. The van der Waals surface area contributed by atoms with E-state index in [0.717, 1.165) is 6.42 Å². The van der Waals surface area contributed by atoms with Crippen LogP contribution in [0.1, 0.15) is 43.9 Å². The summed E-state index contributed by atoms with van der Waals surface area (Å²) < 4.78 is 0. The molecule has 0 saturated carbocycles. The Balaban J connectivity index is 1.89. The fraction of sp³-hybridized carbons (Fsp3) is 0.241. The molecule has 0 nitrogen and oxygen atoms in total. The van der Waals surface area contributed by atoms with Crippen molar-refractivity contribution in [3.05, 3.63) is 119 Å². The van der Waals surface area contributed by atoms with Gasteiger partial charge in [-0.15, -0.1) is 0 Å². The molecule has 156 valence electrons. The van der Waals surface area contributed by atoms with Crippen LogP contribution in [0.2, 0.25) is 0 Å².